The molecule has 2 unspecified atom stereocenters. The first kappa shape index (κ1) is 15.0. The van der Waals surface area contributed by atoms with E-state index >= 15 is 0 Å². The summed E-state index contributed by atoms with van der Waals surface area (Å²) in [5, 5.41) is 0. The van der Waals surface area contributed by atoms with Gasteiger partial charge in [-0.05, 0) is 56.0 Å². The third-order valence-corrected chi connectivity index (χ3v) is 4.65. The standard InChI is InChI=1S/C16H25BrN2/c1-2-3-13-8-10-19(12-13)11-9-16(18)14-4-6-15(17)7-5-14/h4-7,13,16H,2-3,8-12,18H2,1H3. The second-order valence-electron chi connectivity index (χ2n) is 5.69. The monoisotopic (exact) mass is 324 g/mol. The quantitative estimate of drug-likeness (QED) is 0.858. The molecule has 2 rings (SSSR count). The van der Waals surface area contributed by atoms with Gasteiger partial charge in [-0.3, -0.25) is 0 Å². The number of rotatable bonds is 6. The highest BCUT2D eigenvalue weighted by Gasteiger charge is 2.21. The molecule has 0 amide bonds. The second-order valence-corrected chi connectivity index (χ2v) is 6.61. The predicted molar refractivity (Wildman–Crippen MR) is 85.1 cm³/mol. The molecule has 1 aliphatic rings. The Morgan fingerprint density at radius 1 is 1.37 bits per heavy atom. The highest BCUT2D eigenvalue weighted by molar-refractivity contribution is 9.10. The van der Waals surface area contributed by atoms with E-state index in [0.717, 1.165) is 23.4 Å². The van der Waals surface area contributed by atoms with Crippen molar-refractivity contribution in [3.63, 3.8) is 0 Å². The van der Waals surface area contributed by atoms with Crippen LogP contribution in [-0.4, -0.2) is 24.5 Å². The van der Waals surface area contributed by atoms with Gasteiger partial charge in [0.25, 0.3) is 0 Å². The summed E-state index contributed by atoms with van der Waals surface area (Å²) in [7, 11) is 0. The first-order chi connectivity index (χ1) is 9.19. The van der Waals surface area contributed by atoms with Crippen LogP contribution >= 0.6 is 15.9 Å². The smallest absolute Gasteiger partial charge is 0.0307 e. The van der Waals surface area contributed by atoms with Crippen LogP contribution in [0.15, 0.2) is 28.7 Å². The van der Waals surface area contributed by atoms with E-state index in [4.69, 9.17) is 5.73 Å². The zero-order valence-corrected chi connectivity index (χ0v) is 13.4. The van der Waals surface area contributed by atoms with E-state index in [9.17, 15) is 0 Å². The van der Waals surface area contributed by atoms with Crippen molar-refractivity contribution in [2.75, 3.05) is 19.6 Å². The van der Waals surface area contributed by atoms with Crippen LogP contribution in [0, 0.1) is 5.92 Å². The van der Waals surface area contributed by atoms with E-state index in [0.29, 0.717) is 0 Å². The van der Waals surface area contributed by atoms with Crippen LogP contribution in [0.25, 0.3) is 0 Å². The first-order valence-corrected chi connectivity index (χ1v) is 8.21. The number of hydrogen-bond donors (Lipinski definition) is 1. The number of nitrogens with two attached hydrogens (primary N) is 1. The van der Waals surface area contributed by atoms with E-state index in [-0.39, 0.29) is 6.04 Å². The molecule has 106 valence electrons. The largest absolute Gasteiger partial charge is 0.324 e. The number of hydrogen-bond acceptors (Lipinski definition) is 2. The van der Waals surface area contributed by atoms with Crippen LogP contribution in [0.1, 0.15) is 44.2 Å². The van der Waals surface area contributed by atoms with Crippen LogP contribution in [0.5, 0.6) is 0 Å². The average molecular weight is 325 g/mol. The number of halogens is 1. The van der Waals surface area contributed by atoms with E-state index in [1.807, 2.05) is 0 Å². The van der Waals surface area contributed by atoms with Crippen molar-refractivity contribution in [3.8, 4) is 0 Å². The van der Waals surface area contributed by atoms with E-state index in [1.165, 1.54) is 37.9 Å². The molecule has 2 atom stereocenters. The fraction of sp³-hybridized carbons (Fsp3) is 0.625. The molecule has 1 fully saturated rings. The van der Waals surface area contributed by atoms with E-state index < -0.39 is 0 Å². The Morgan fingerprint density at radius 3 is 2.79 bits per heavy atom. The Balaban J connectivity index is 1.75. The molecule has 0 aromatic heterocycles. The summed E-state index contributed by atoms with van der Waals surface area (Å²) in [5.74, 6) is 0.925. The van der Waals surface area contributed by atoms with Gasteiger partial charge in [0, 0.05) is 17.1 Å². The van der Waals surface area contributed by atoms with Crippen molar-refractivity contribution in [1.82, 2.24) is 4.90 Å². The van der Waals surface area contributed by atoms with Gasteiger partial charge in [-0.1, -0.05) is 41.4 Å². The zero-order chi connectivity index (χ0) is 13.7. The summed E-state index contributed by atoms with van der Waals surface area (Å²) in [6.07, 6.45) is 5.13. The highest BCUT2D eigenvalue weighted by Crippen LogP contribution is 2.23. The summed E-state index contributed by atoms with van der Waals surface area (Å²) in [6, 6.07) is 8.56. The normalized spacial score (nSPS) is 21.7. The summed E-state index contributed by atoms with van der Waals surface area (Å²) >= 11 is 3.46. The molecule has 0 bridgehead atoms. The molecule has 0 radical (unpaired) electrons. The molecule has 2 N–H and O–H groups in total. The molecule has 1 heterocycles. The van der Waals surface area contributed by atoms with E-state index in [1.54, 1.807) is 0 Å². The Bertz CT molecular complexity index is 377. The topological polar surface area (TPSA) is 29.3 Å². The average Bonchev–Trinajstić information content (AvgIpc) is 2.85. The fourth-order valence-electron chi connectivity index (χ4n) is 2.96. The molecule has 0 aliphatic carbocycles. The summed E-state index contributed by atoms with van der Waals surface area (Å²) in [5.41, 5.74) is 7.52. The molecule has 1 aromatic rings. The maximum atomic E-state index is 6.27. The molecule has 1 aliphatic heterocycles. The first-order valence-electron chi connectivity index (χ1n) is 7.42. The fourth-order valence-corrected chi connectivity index (χ4v) is 3.22. The highest BCUT2D eigenvalue weighted by atomic mass is 79.9. The number of benzene rings is 1. The lowest BCUT2D eigenvalue weighted by atomic mass is 10.0. The van der Waals surface area contributed by atoms with Crippen molar-refractivity contribution in [1.29, 1.82) is 0 Å². The van der Waals surface area contributed by atoms with Crippen LogP contribution < -0.4 is 5.73 Å². The molecule has 19 heavy (non-hydrogen) atoms. The minimum Gasteiger partial charge on any atom is -0.324 e. The summed E-state index contributed by atoms with van der Waals surface area (Å²) < 4.78 is 1.12. The molecule has 0 saturated carbocycles. The minimum atomic E-state index is 0.165. The third-order valence-electron chi connectivity index (χ3n) is 4.12. The minimum absolute atomic E-state index is 0.165. The number of nitrogens with zero attached hydrogens (tertiary/aromatic N) is 1. The zero-order valence-electron chi connectivity index (χ0n) is 11.8. The van der Waals surface area contributed by atoms with Gasteiger partial charge in [0.2, 0.25) is 0 Å². The van der Waals surface area contributed by atoms with E-state index in [2.05, 4.69) is 52.0 Å². The third kappa shape index (κ3) is 4.59. The molecular formula is C16H25BrN2. The van der Waals surface area contributed by atoms with Crippen molar-refractivity contribution >= 4 is 15.9 Å². The van der Waals surface area contributed by atoms with Gasteiger partial charge >= 0.3 is 0 Å². The van der Waals surface area contributed by atoms with Crippen molar-refractivity contribution in [2.24, 2.45) is 11.7 Å². The van der Waals surface area contributed by atoms with Crippen molar-refractivity contribution in [3.05, 3.63) is 34.3 Å². The van der Waals surface area contributed by atoms with Crippen LogP contribution in [0.2, 0.25) is 0 Å². The van der Waals surface area contributed by atoms with Gasteiger partial charge in [0.1, 0.15) is 0 Å². The Kier molecular flexibility index (Phi) is 5.86. The van der Waals surface area contributed by atoms with Crippen LogP contribution in [0.4, 0.5) is 0 Å². The van der Waals surface area contributed by atoms with Gasteiger partial charge < -0.3 is 10.6 Å². The Morgan fingerprint density at radius 2 is 2.11 bits per heavy atom. The SMILES string of the molecule is CCCC1CCN(CCC(N)c2ccc(Br)cc2)C1. The predicted octanol–water partition coefficient (Wildman–Crippen LogP) is 3.96. The summed E-state index contributed by atoms with van der Waals surface area (Å²) in [6.45, 7) is 5.96. The lowest BCUT2D eigenvalue weighted by Crippen LogP contribution is -2.25. The van der Waals surface area contributed by atoms with Crippen LogP contribution in [-0.2, 0) is 0 Å². The van der Waals surface area contributed by atoms with Crippen molar-refractivity contribution in [2.45, 2.75) is 38.6 Å². The molecule has 1 saturated heterocycles. The van der Waals surface area contributed by atoms with Gasteiger partial charge in [-0.15, -0.1) is 0 Å². The Hall–Kier alpha value is -0.380. The Labute approximate surface area is 125 Å². The molecular weight excluding hydrogens is 300 g/mol. The van der Waals surface area contributed by atoms with Crippen LogP contribution in [0.3, 0.4) is 0 Å². The molecule has 3 heteroatoms. The lowest BCUT2D eigenvalue weighted by Gasteiger charge is -2.19. The van der Waals surface area contributed by atoms with Gasteiger partial charge in [-0.2, -0.15) is 0 Å². The van der Waals surface area contributed by atoms with Crippen molar-refractivity contribution < 1.29 is 0 Å². The second kappa shape index (κ2) is 7.41. The maximum absolute atomic E-state index is 6.27. The summed E-state index contributed by atoms with van der Waals surface area (Å²) in [4.78, 5) is 2.58. The lowest BCUT2D eigenvalue weighted by molar-refractivity contribution is 0.306. The molecule has 0 spiro atoms. The molecule has 2 nitrogen and oxygen atoms in total. The molecule has 1 aromatic carbocycles. The van der Waals surface area contributed by atoms with Gasteiger partial charge in [0.15, 0.2) is 0 Å². The number of likely N-dealkylation sites (tertiary alicyclic amines) is 1. The van der Waals surface area contributed by atoms with Gasteiger partial charge in [-0.25, -0.2) is 0 Å². The maximum Gasteiger partial charge on any atom is 0.0307 e. The van der Waals surface area contributed by atoms with Gasteiger partial charge in [0.05, 0.1) is 0 Å².